The highest BCUT2D eigenvalue weighted by Gasteiger charge is 2.32. The molecular formula is C19H38N4O2. The van der Waals surface area contributed by atoms with Crippen LogP contribution in [0.1, 0.15) is 60.8 Å². The number of likely N-dealkylation sites (N-methyl/N-ethyl adjacent to an activating group) is 2. The molecule has 0 unspecified atom stereocenters. The number of nitrogens with one attached hydrogen (secondary N) is 2. The van der Waals surface area contributed by atoms with E-state index < -0.39 is 0 Å². The summed E-state index contributed by atoms with van der Waals surface area (Å²) >= 11 is 0. The third-order valence-electron chi connectivity index (χ3n) is 4.41. The summed E-state index contributed by atoms with van der Waals surface area (Å²) in [5.41, 5.74) is -0.214. The van der Waals surface area contributed by atoms with Crippen molar-refractivity contribution in [3.8, 4) is 0 Å². The van der Waals surface area contributed by atoms with Crippen LogP contribution in [0.5, 0.6) is 0 Å². The Morgan fingerprint density at radius 1 is 0.760 bits per heavy atom. The van der Waals surface area contributed by atoms with Gasteiger partial charge in [0.25, 0.3) is 0 Å². The van der Waals surface area contributed by atoms with E-state index in [9.17, 15) is 9.59 Å². The van der Waals surface area contributed by atoms with Gasteiger partial charge in [0.15, 0.2) is 0 Å². The first-order chi connectivity index (χ1) is 11.3. The van der Waals surface area contributed by atoms with Crippen LogP contribution >= 0.6 is 0 Å². The van der Waals surface area contributed by atoms with Gasteiger partial charge in [-0.1, -0.05) is 0 Å². The number of rotatable bonds is 2. The van der Waals surface area contributed by atoms with Crippen molar-refractivity contribution in [2.75, 3.05) is 27.2 Å². The molecule has 2 N–H and O–H groups in total. The predicted octanol–water partition coefficient (Wildman–Crippen LogP) is 1.60. The van der Waals surface area contributed by atoms with Gasteiger partial charge in [-0.2, -0.15) is 0 Å². The number of hydrogen-bond donors (Lipinski definition) is 2. The van der Waals surface area contributed by atoms with E-state index in [1.54, 1.807) is 0 Å². The van der Waals surface area contributed by atoms with Gasteiger partial charge in [-0.3, -0.25) is 19.4 Å². The van der Waals surface area contributed by atoms with E-state index >= 15 is 0 Å². The molecule has 25 heavy (non-hydrogen) atoms. The fourth-order valence-corrected chi connectivity index (χ4v) is 2.99. The van der Waals surface area contributed by atoms with E-state index in [2.05, 4.69) is 20.4 Å². The second kappa shape index (κ2) is 8.49. The van der Waals surface area contributed by atoms with Gasteiger partial charge in [0, 0.05) is 17.6 Å². The van der Waals surface area contributed by atoms with Gasteiger partial charge in [-0.05, 0) is 81.4 Å². The highest BCUT2D eigenvalue weighted by Crippen LogP contribution is 2.16. The van der Waals surface area contributed by atoms with E-state index in [4.69, 9.17) is 0 Å². The van der Waals surface area contributed by atoms with Crippen molar-refractivity contribution in [2.24, 2.45) is 0 Å². The molecule has 0 bridgehead atoms. The topological polar surface area (TPSA) is 64.7 Å². The SMILES string of the molecule is CN1CCC[C@H]1C(=O)NC(C)(C)C.CN1CC[C@H]1C(=O)NC(C)(C)C. The number of carbonyl (C=O) groups is 2. The predicted molar refractivity (Wildman–Crippen MR) is 102 cm³/mol. The second-order valence-corrected chi connectivity index (χ2v) is 9.40. The van der Waals surface area contributed by atoms with E-state index in [1.807, 2.05) is 55.6 Å². The Balaban J connectivity index is 0.000000251. The molecule has 2 atom stereocenters. The maximum Gasteiger partial charge on any atom is 0.237 e. The lowest BCUT2D eigenvalue weighted by atomic mass is 10.0. The van der Waals surface area contributed by atoms with Crippen molar-refractivity contribution in [3.05, 3.63) is 0 Å². The molecule has 2 heterocycles. The molecule has 0 aromatic carbocycles. The standard InChI is InChI=1S/C10H20N2O.C9H18N2O/c1-10(2,3)11-9(13)8-6-5-7-12(8)4;1-9(2,3)10-8(12)7-5-6-11(7)4/h8H,5-7H2,1-4H3,(H,11,13);7H,5-6H2,1-4H3,(H,10,12)/t8-;7-/m00/s1. The molecule has 0 aromatic rings. The third-order valence-corrected chi connectivity index (χ3v) is 4.41. The minimum atomic E-state index is -0.111. The normalized spacial score (nSPS) is 24.8. The number of amides is 2. The van der Waals surface area contributed by atoms with Crippen molar-refractivity contribution in [1.29, 1.82) is 0 Å². The minimum Gasteiger partial charge on any atom is -0.350 e. The highest BCUT2D eigenvalue weighted by molar-refractivity contribution is 5.83. The van der Waals surface area contributed by atoms with Crippen LogP contribution in [0.2, 0.25) is 0 Å². The molecule has 0 spiro atoms. The Morgan fingerprint density at radius 3 is 1.40 bits per heavy atom. The van der Waals surface area contributed by atoms with Gasteiger partial charge >= 0.3 is 0 Å². The summed E-state index contributed by atoms with van der Waals surface area (Å²) in [6, 6.07) is 0.212. The maximum atomic E-state index is 11.7. The summed E-state index contributed by atoms with van der Waals surface area (Å²) in [4.78, 5) is 27.4. The Labute approximate surface area is 153 Å². The number of hydrogen-bond acceptors (Lipinski definition) is 4. The zero-order valence-electron chi connectivity index (χ0n) is 17.4. The van der Waals surface area contributed by atoms with Crippen LogP contribution < -0.4 is 10.6 Å². The first-order valence-corrected chi connectivity index (χ1v) is 9.35. The van der Waals surface area contributed by atoms with Crippen LogP contribution in [-0.2, 0) is 9.59 Å². The van der Waals surface area contributed by atoms with E-state index in [0.29, 0.717) is 0 Å². The lowest BCUT2D eigenvalue weighted by Crippen LogP contribution is -2.57. The van der Waals surface area contributed by atoms with Crippen molar-refractivity contribution >= 4 is 11.8 Å². The van der Waals surface area contributed by atoms with Crippen LogP contribution in [0, 0.1) is 0 Å². The molecule has 6 nitrogen and oxygen atoms in total. The summed E-state index contributed by atoms with van der Waals surface area (Å²) in [6.45, 7) is 14.1. The second-order valence-electron chi connectivity index (χ2n) is 9.40. The Kier molecular flexibility index (Phi) is 7.44. The first-order valence-electron chi connectivity index (χ1n) is 9.35. The first kappa shape index (κ1) is 21.9. The average molecular weight is 355 g/mol. The van der Waals surface area contributed by atoms with Gasteiger partial charge in [0.05, 0.1) is 12.1 Å². The largest absolute Gasteiger partial charge is 0.350 e. The monoisotopic (exact) mass is 354 g/mol. The summed E-state index contributed by atoms with van der Waals surface area (Å²) in [5, 5.41) is 5.98. The van der Waals surface area contributed by atoms with Crippen LogP contribution in [0.25, 0.3) is 0 Å². The van der Waals surface area contributed by atoms with E-state index in [-0.39, 0.29) is 35.0 Å². The molecule has 0 saturated carbocycles. The zero-order valence-corrected chi connectivity index (χ0v) is 17.4. The summed E-state index contributed by atoms with van der Waals surface area (Å²) in [5.74, 6) is 0.337. The number of carbonyl (C=O) groups excluding carboxylic acids is 2. The van der Waals surface area contributed by atoms with Gasteiger partial charge in [0.2, 0.25) is 11.8 Å². The third kappa shape index (κ3) is 7.74. The molecule has 0 aliphatic carbocycles. The maximum absolute atomic E-state index is 11.7. The van der Waals surface area contributed by atoms with Gasteiger partial charge in [0.1, 0.15) is 0 Å². The number of nitrogens with zero attached hydrogens (tertiary/aromatic N) is 2. The Morgan fingerprint density at radius 2 is 1.16 bits per heavy atom. The summed E-state index contributed by atoms with van der Waals surface area (Å²) in [6.07, 6.45) is 3.13. The molecular weight excluding hydrogens is 316 g/mol. The van der Waals surface area contributed by atoms with Gasteiger partial charge in [-0.25, -0.2) is 0 Å². The summed E-state index contributed by atoms with van der Waals surface area (Å²) < 4.78 is 0. The highest BCUT2D eigenvalue weighted by atomic mass is 16.2. The van der Waals surface area contributed by atoms with Crippen LogP contribution in [0.4, 0.5) is 0 Å². The molecule has 2 aliphatic heterocycles. The molecule has 2 aliphatic rings. The fourth-order valence-electron chi connectivity index (χ4n) is 2.99. The lowest BCUT2D eigenvalue weighted by molar-refractivity contribution is -0.131. The van der Waals surface area contributed by atoms with Gasteiger partial charge < -0.3 is 10.6 Å². The molecule has 2 rings (SSSR count). The molecule has 6 heteroatoms. The van der Waals surface area contributed by atoms with Crippen molar-refractivity contribution in [2.45, 2.75) is 84.0 Å². The smallest absolute Gasteiger partial charge is 0.237 e. The average Bonchev–Trinajstić information content (AvgIpc) is 2.79. The van der Waals surface area contributed by atoms with Crippen LogP contribution in [0.3, 0.4) is 0 Å². The lowest BCUT2D eigenvalue weighted by Gasteiger charge is -2.38. The van der Waals surface area contributed by atoms with Crippen LogP contribution in [0.15, 0.2) is 0 Å². The number of likely N-dealkylation sites (tertiary alicyclic amines) is 2. The van der Waals surface area contributed by atoms with E-state index in [0.717, 1.165) is 32.4 Å². The van der Waals surface area contributed by atoms with Gasteiger partial charge in [-0.15, -0.1) is 0 Å². The van der Waals surface area contributed by atoms with E-state index in [1.165, 1.54) is 0 Å². The van der Waals surface area contributed by atoms with Crippen molar-refractivity contribution in [3.63, 3.8) is 0 Å². The molecule has 2 amide bonds. The Bertz CT molecular complexity index is 465. The molecule has 0 aromatic heterocycles. The molecule has 0 radical (unpaired) electrons. The van der Waals surface area contributed by atoms with Crippen LogP contribution in [-0.4, -0.2) is 72.0 Å². The molecule has 2 saturated heterocycles. The summed E-state index contributed by atoms with van der Waals surface area (Å²) in [7, 11) is 4.00. The quantitative estimate of drug-likeness (QED) is 0.791. The van der Waals surface area contributed by atoms with Crippen molar-refractivity contribution < 1.29 is 9.59 Å². The Hall–Kier alpha value is -1.14. The fraction of sp³-hybridized carbons (Fsp3) is 0.895. The zero-order chi connectivity index (χ0) is 19.4. The molecule has 146 valence electrons. The minimum absolute atomic E-state index is 0.0965. The molecule has 2 fully saturated rings. The van der Waals surface area contributed by atoms with Crippen molar-refractivity contribution in [1.82, 2.24) is 20.4 Å².